The number of methoxy groups -OCH3 is 1. The molecule has 0 amide bonds. The molecule has 0 spiro atoms. The second-order valence-electron chi connectivity index (χ2n) is 6.97. The lowest BCUT2D eigenvalue weighted by Crippen LogP contribution is -2.53. The van der Waals surface area contributed by atoms with Gasteiger partial charge in [0.05, 0.1) is 13.2 Å². The molecule has 2 aliphatic rings. The Kier molecular flexibility index (Phi) is 6.72. The molecule has 1 aromatic rings. The van der Waals surface area contributed by atoms with Crippen molar-refractivity contribution < 1.29 is 9.53 Å². The van der Waals surface area contributed by atoms with E-state index in [2.05, 4.69) is 25.3 Å². The van der Waals surface area contributed by atoms with Crippen molar-refractivity contribution in [3.8, 4) is 6.01 Å². The van der Waals surface area contributed by atoms with Gasteiger partial charge in [0.25, 0.3) is 0 Å². The first-order chi connectivity index (χ1) is 12.3. The summed E-state index contributed by atoms with van der Waals surface area (Å²) >= 11 is 0. The van der Waals surface area contributed by atoms with Crippen molar-refractivity contribution in [2.45, 2.75) is 50.6 Å². The maximum atomic E-state index is 11.5. The molecule has 3 heterocycles. The van der Waals surface area contributed by atoms with Crippen LogP contribution in [0.3, 0.4) is 0 Å². The summed E-state index contributed by atoms with van der Waals surface area (Å²) in [6.45, 7) is 4.49. The third-order valence-corrected chi connectivity index (χ3v) is 5.20. The van der Waals surface area contributed by atoms with E-state index in [1.165, 1.54) is 52.3 Å². The second kappa shape index (κ2) is 9.22. The van der Waals surface area contributed by atoms with Gasteiger partial charge in [0.15, 0.2) is 0 Å². The topological polar surface area (TPSA) is 70.6 Å². The van der Waals surface area contributed by atoms with E-state index in [-0.39, 0.29) is 6.04 Å². The molecular formula is C18H29N5O2. The molecule has 1 atom stereocenters. The Morgan fingerprint density at radius 1 is 1.20 bits per heavy atom. The predicted molar refractivity (Wildman–Crippen MR) is 95.3 cm³/mol. The number of hydrazine groups is 1. The summed E-state index contributed by atoms with van der Waals surface area (Å²) < 4.78 is 4.96. The van der Waals surface area contributed by atoms with Gasteiger partial charge < -0.3 is 14.4 Å². The predicted octanol–water partition coefficient (Wildman–Crippen LogP) is 1.05. The van der Waals surface area contributed by atoms with Crippen LogP contribution in [-0.2, 0) is 11.2 Å². The third-order valence-electron chi connectivity index (χ3n) is 5.20. The zero-order chi connectivity index (χ0) is 17.5. The fraction of sp³-hybridized carbons (Fsp3) is 0.722. The number of likely N-dealkylation sites (tertiary alicyclic amines) is 1. The molecule has 0 saturated carbocycles. The van der Waals surface area contributed by atoms with E-state index in [0.717, 1.165) is 24.9 Å². The summed E-state index contributed by atoms with van der Waals surface area (Å²) in [5, 5.41) is 2.20. The summed E-state index contributed by atoms with van der Waals surface area (Å²) in [5.41, 5.74) is 4.29. The van der Waals surface area contributed by atoms with Gasteiger partial charge in [-0.1, -0.05) is 6.42 Å². The van der Waals surface area contributed by atoms with Gasteiger partial charge in [0.2, 0.25) is 0 Å². The van der Waals surface area contributed by atoms with E-state index < -0.39 is 0 Å². The Morgan fingerprint density at radius 2 is 1.88 bits per heavy atom. The smallest absolute Gasteiger partial charge is 0.316 e. The monoisotopic (exact) mass is 347 g/mol. The first-order valence-corrected chi connectivity index (χ1v) is 9.34. The fourth-order valence-corrected chi connectivity index (χ4v) is 3.81. The van der Waals surface area contributed by atoms with E-state index in [4.69, 9.17) is 4.74 Å². The van der Waals surface area contributed by atoms with Crippen molar-refractivity contribution in [2.24, 2.45) is 0 Å². The minimum atomic E-state index is -0.247. The molecule has 7 heteroatoms. The van der Waals surface area contributed by atoms with Crippen molar-refractivity contribution in [3.63, 3.8) is 0 Å². The molecule has 1 unspecified atom stereocenters. The largest absolute Gasteiger partial charge is 0.467 e. The highest BCUT2D eigenvalue weighted by Gasteiger charge is 2.26. The number of aromatic nitrogens is 2. The number of nitrogens with zero attached hydrogens (tertiary/aromatic N) is 4. The minimum absolute atomic E-state index is 0.247. The highest BCUT2D eigenvalue weighted by atomic mass is 16.5. The van der Waals surface area contributed by atoms with Crippen molar-refractivity contribution in [1.82, 2.24) is 25.3 Å². The average Bonchev–Trinajstić information content (AvgIpc) is 2.69. The molecule has 0 bridgehead atoms. The first kappa shape index (κ1) is 18.2. The van der Waals surface area contributed by atoms with Crippen LogP contribution in [0, 0.1) is 0 Å². The lowest BCUT2D eigenvalue weighted by Gasteiger charge is -2.40. The lowest BCUT2D eigenvalue weighted by atomic mass is 10.0. The van der Waals surface area contributed by atoms with Crippen molar-refractivity contribution >= 4 is 6.29 Å². The van der Waals surface area contributed by atoms with Gasteiger partial charge in [0, 0.05) is 31.5 Å². The molecule has 2 aliphatic heterocycles. The van der Waals surface area contributed by atoms with Gasteiger partial charge in [-0.15, -0.1) is 0 Å². The number of rotatable bonds is 7. The molecule has 1 N–H and O–H groups in total. The molecule has 2 saturated heterocycles. The van der Waals surface area contributed by atoms with Crippen LogP contribution in [0.1, 0.15) is 37.7 Å². The number of hydrogen-bond donors (Lipinski definition) is 1. The van der Waals surface area contributed by atoms with Crippen LogP contribution < -0.4 is 10.2 Å². The maximum absolute atomic E-state index is 11.5. The van der Waals surface area contributed by atoms with Crippen LogP contribution in [0.2, 0.25) is 0 Å². The number of ether oxygens (including phenoxy) is 1. The number of aldehydes is 1. The summed E-state index contributed by atoms with van der Waals surface area (Å²) in [5.74, 6) is 0. The second-order valence-corrected chi connectivity index (χ2v) is 6.97. The van der Waals surface area contributed by atoms with Crippen molar-refractivity contribution in [3.05, 3.63) is 18.0 Å². The molecule has 25 heavy (non-hydrogen) atoms. The molecular weight excluding hydrogens is 318 g/mol. The van der Waals surface area contributed by atoms with Crippen molar-refractivity contribution in [1.29, 1.82) is 0 Å². The van der Waals surface area contributed by atoms with Gasteiger partial charge in [0.1, 0.15) is 6.29 Å². The minimum Gasteiger partial charge on any atom is -0.467 e. The van der Waals surface area contributed by atoms with E-state index in [1.807, 2.05) is 0 Å². The SMILES string of the molecule is COc1ncc(CC(C=O)NN2CCC(N3CCCCC3)CC2)cn1. The molecule has 2 fully saturated rings. The maximum Gasteiger partial charge on any atom is 0.316 e. The Bertz CT molecular complexity index is 525. The normalized spacial score (nSPS) is 21.8. The Balaban J connectivity index is 1.45. The molecule has 7 nitrogen and oxygen atoms in total. The molecule has 1 aromatic heterocycles. The summed E-state index contributed by atoms with van der Waals surface area (Å²) in [4.78, 5) is 22.3. The number of piperidine rings is 2. The van der Waals surface area contributed by atoms with Crippen LogP contribution in [0.25, 0.3) is 0 Å². The first-order valence-electron chi connectivity index (χ1n) is 9.34. The molecule has 3 rings (SSSR count). The van der Waals surface area contributed by atoms with Crippen LogP contribution in [0.4, 0.5) is 0 Å². The van der Waals surface area contributed by atoms with Crippen LogP contribution in [0.5, 0.6) is 6.01 Å². The third kappa shape index (κ3) is 5.20. The lowest BCUT2D eigenvalue weighted by molar-refractivity contribution is -0.111. The number of hydrogen-bond acceptors (Lipinski definition) is 7. The highest BCUT2D eigenvalue weighted by molar-refractivity contribution is 5.58. The molecule has 0 radical (unpaired) electrons. The summed E-state index contributed by atoms with van der Waals surface area (Å²) in [7, 11) is 1.54. The van der Waals surface area contributed by atoms with Gasteiger partial charge in [-0.25, -0.2) is 20.4 Å². The van der Waals surface area contributed by atoms with Crippen LogP contribution in [0.15, 0.2) is 12.4 Å². The van der Waals surface area contributed by atoms with Gasteiger partial charge in [-0.2, -0.15) is 0 Å². The average molecular weight is 347 g/mol. The van der Waals surface area contributed by atoms with E-state index in [9.17, 15) is 4.79 Å². The zero-order valence-corrected chi connectivity index (χ0v) is 15.1. The fourth-order valence-electron chi connectivity index (χ4n) is 3.81. The molecule has 138 valence electrons. The molecule has 0 aromatic carbocycles. The van der Waals surface area contributed by atoms with Crippen molar-refractivity contribution in [2.75, 3.05) is 33.3 Å². The Hall–Kier alpha value is -1.57. The van der Waals surface area contributed by atoms with Gasteiger partial charge >= 0.3 is 6.01 Å². The number of carbonyl (C=O) groups excluding carboxylic acids is 1. The van der Waals surface area contributed by atoms with E-state index in [1.54, 1.807) is 12.4 Å². The van der Waals surface area contributed by atoms with Gasteiger partial charge in [-0.3, -0.25) is 0 Å². The highest BCUT2D eigenvalue weighted by Crippen LogP contribution is 2.20. The van der Waals surface area contributed by atoms with E-state index >= 15 is 0 Å². The molecule has 0 aliphatic carbocycles. The zero-order valence-electron chi connectivity index (χ0n) is 15.1. The van der Waals surface area contributed by atoms with Gasteiger partial charge in [-0.05, 0) is 50.8 Å². The Labute approximate surface area is 149 Å². The summed E-state index contributed by atoms with van der Waals surface area (Å²) in [6, 6.07) is 0.811. The summed E-state index contributed by atoms with van der Waals surface area (Å²) in [6.07, 6.45) is 11.4. The van der Waals surface area contributed by atoms with Crippen LogP contribution in [-0.4, -0.2) is 71.5 Å². The van der Waals surface area contributed by atoms with Crippen LogP contribution >= 0.6 is 0 Å². The standard InChI is InChI=1S/C18H29N5O2/c1-25-18-19-12-15(13-20-18)11-16(14-24)21-23-9-5-17(6-10-23)22-7-3-2-4-8-22/h12-14,16-17,21H,2-11H2,1H3. The number of nitrogens with one attached hydrogen (secondary N) is 1. The van der Waals surface area contributed by atoms with E-state index in [0.29, 0.717) is 18.5 Å². The Morgan fingerprint density at radius 3 is 2.48 bits per heavy atom. The number of carbonyl (C=O) groups is 1. The quantitative estimate of drug-likeness (QED) is 0.739.